The Morgan fingerprint density at radius 3 is 2.73 bits per heavy atom. The van der Waals surface area contributed by atoms with Crippen LogP contribution in [0, 0.1) is 24.2 Å². The lowest BCUT2D eigenvalue weighted by Crippen LogP contribution is -2.38. The molecule has 2 heterocycles. The molecule has 9 nitrogen and oxygen atoms in total. The van der Waals surface area contributed by atoms with Crippen LogP contribution in [0.25, 0.3) is 0 Å². The number of nitrogens with zero attached hydrogens (tertiary/aromatic N) is 2. The molecule has 3 atom stereocenters. The van der Waals surface area contributed by atoms with Gasteiger partial charge in [0.15, 0.2) is 0 Å². The van der Waals surface area contributed by atoms with Crippen LogP contribution in [0.4, 0.5) is 17.1 Å². The summed E-state index contributed by atoms with van der Waals surface area (Å²) < 4.78 is 12.0. The molecule has 2 aromatic rings. The first-order valence-electron chi connectivity index (χ1n) is 14.5. The number of rotatable bonds is 12. The molecule has 2 aromatic carbocycles. The van der Waals surface area contributed by atoms with Crippen molar-refractivity contribution in [2.45, 2.75) is 58.0 Å². The Morgan fingerprint density at radius 2 is 2.02 bits per heavy atom. The second kappa shape index (κ2) is 14.2. The van der Waals surface area contributed by atoms with Crippen LogP contribution >= 0.6 is 0 Å². The van der Waals surface area contributed by atoms with E-state index in [4.69, 9.17) is 9.47 Å². The molecule has 9 heteroatoms. The first-order valence-corrected chi connectivity index (χ1v) is 14.5. The highest BCUT2D eigenvalue weighted by Crippen LogP contribution is 2.42. The van der Waals surface area contributed by atoms with Crippen LogP contribution in [-0.4, -0.2) is 63.8 Å². The molecule has 0 radical (unpaired) electrons. The summed E-state index contributed by atoms with van der Waals surface area (Å²) in [6.45, 7) is 7.53. The Kier molecular flexibility index (Phi) is 10.5. The number of nitriles is 1. The van der Waals surface area contributed by atoms with E-state index >= 15 is 0 Å². The zero-order valence-electron chi connectivity index (χ0n) is 24.3. The van der Waals surface area contributed by atoms with E-state index in [1.165, 1.54) is 12.8 Å². The van der Waals surface area contributed by atoms with Crippen molar-refractivity contribution >= 4 is 23.0 Å². The minimum atomic E-state index is -0.303. The summed E-state index contributed by atoms with van der Waals surface area (Å²) in [4.78, 5) is 14.8. The molecule has 0 bridgehead atoms. The predicted octanol–water partition coefficient (Wildman–Crippen LogP) is 4.91. The van der Waals surface area contributed by atoms with Crippen molar-refractivity contribution < 1.29 is 14.3 Å². The Bertz CT molecular complexity index is 1190. The van der Waals surface area contributed by atoms with E-state index in [0.29, 0.717) is 43.7 Å². The normalized spacial score (nSPS) is 20.1. The highest BCUT2D eigenvalue weighted by atomic mass is 16.5. The number of fused-ring (bicyclic) bond motifs is 1. The van der Waals surface area contributed by atoms with Crippen molar-refractivity contribution in [1.29, 1.82) is 5.26 Å². The Balaban J connectivity index is 1.52. The summed E-state index contributed by atoms with van der Waals surface area (Å²) in [6.07, 6.45) is 4.82. The van der Waals surface area contributed by atoms with Gasteiger partial charge in [-0.15, -0.1) is 0 Å². The largest absolute Gasteiger partial charge is 0.492 e. The number of hydrogen-bond donors (Lipinski definition) is 4. The molecule has 0 aliphatic carbocycles. The first kappa shape index (κ1) is 29.5. The molecule has 216 valence electrons. The van der Waals surface area contributed by atoms with Gasteiger partial charge in [0.25, 0.3) is 0 Å². The van der Waals surface area contributed by atoms with E-state index in [2.05, 4.69) is 38.3 Å². The lowest BCUT2D eigenvalue weighted by atomic mass is 9.88. The SMILES string of the molecule is CCOc1cc2c(cc1NC(=O)CCCN(C)C)C(Nc1ccc(OCC3CCCCN3)c(C)c1)C(C#N)CN2. The maximum Gasteiger partial charge on any atom is 0.224 e. The van der Waals surface area contributed by atoms with Gasteiger partial charge in [-0.05, 0) is 90.1 Å². The Morgan fingerprint density at radius 1 is 1.18 bits per heavy atom. The zero-order valence-corrected chi connectivity index (χ0v) is 24.3. The molecular formula is C31H44N6O3. The maximum atomic E-state index is 12.8. The number of ether oxygens (including phenoxy) is 2. The third-order valence-electron chi connectivity index (χ3n) is 7.50. The molecule has 4 rings (SSSR count). The van der Waals surface area contributed by atoms with Gasteiger partial charge < -0.3 is 35.6 Å². The van der Waals surface area contributed by atoms with Crippen LogP contribution < -0.4 is 30.7 Å². The summed E-state index contributed by atoms with van der Waals surface area (Å²) in [7, 11) is 3.99. The van der Waals surface area contributed by atoms with Gasteiger partial charge in [-0.3, -0.25) is 4.79 Å². The molecule has 3 unspecified atom stereocenters. The average molecular weight is 549 g/mol. The molecule has 0 spiro atoms. The third-order valence-corrected chi connectivity index (χ3v) is 7.50. The minimum Gasteiger partial charge on any atom is -0.492 e. The number of hydrogen-bond acceptors (Lipinski definition) is 8. The molecule has 1 amide bonds. The van der Waals surface area contributed by atoms with E-state index in [1.807, 2.05) is 52.2 Å². The van der Waals surface area contributed by atoms with Crippen molar-refractivity contribution in [3.63, 3.8) is 0 Å². The number of carbonyl (C=O) groups is 1. The van der Waals surface area contributed by atoms with E-state index in [1.54, 1.807) is 0 Å². The second-order valence-electron chi connectivity index (χ2n) is 11.0. The molecule has 2 aliphatic heterocycles. The summed E-state index contributed by atoms with van der Waals surface area (Å²) >= 11 is 0. The van der Waals surface area contributed by atoms with Crippen molar-refractivity contribution in [3.05, 3.63) is 41.5 Å². The van der Waals surface area contributed by atoms with Gasteiger partial charge in [-0.1, -0.05) is 6.42 Å². The quantitative estimate of drug-likeness (QED) is 0.296. The number of aryl methyl sites for hydroxylation is 1. The van der Waals surface area contributed by atoms with Crippen LogP contribution in [0.1, 0.15) is 56.2 Å². The summed E-state index contributed by atoms with van der Waals surface area (Å²) in [5, 5.41) is 23.6. The molecule has 1 saturated heterocycles. The fourth-order valence-corrected chi connectivity index (χ4v) is 5.34. The van der Waals surface area contributed by atoms with E-state index < -0.39 is 0 Å². The number of piperidine rings is 1. The molecule has 2 aliphatic rings. The Labute approximate surface area is 238 Å². The van der Waals surface area contributed by atoms with E-state index in [9.17, 15) is 10.1 Å². The van der Waals surface area contributed by atoms with E-state index in [0.717, 1.165) is 54.2 Å². The van der Waals surface area contributed by atoms with Gasteiger partial charge in [0.05, 0.1) is 30.3 Å². The topological polar surface area (TPSA) is 111 Å². The monoisotopic (exact) mass is 548 g/mol. The highest BCUT2D eigenvalue weighted by molar-refractivity contribution is 5.93. The van der Waals surface area contributed by atoms with Crippen LogP contribution in [0.5, 0.6) is 11.5 Å². The third kappa shape index (κ3) is 7.80. The number of nitrogens with one attached hydrogen (secondary N) is 4. The molecule has 4 N–H and O–H groups in total. The van der Waals surface area contributed by atoms with Crippen LogP contribution in [-0.2, 0) is 4.79 Å². The summed E-state index contributed by atoms with van der Waals surface area (Å²) in [6, 6.07) is 12.5. The van der Waals surface area contributed by atoms with Gasteiger partial charge in [0.2, 0.25) is 5.91 Å². The fraction of sp³-hybridized carbons (Fsp3) is 0.548. The molecule has 0 saturated carbocycles. The molecular weight excluding hydrogens is 504 g/mol. The highest BCUT2D eigenvalue weighted by Gasteiger charge is 2.31. The van der Waals surface area contributed by atoms with E-state index in [-0.39, 0.29) is 17.9 Å². The first-order chi connectivity index (χ1) is 19.4. The zero-order chi connectivity index (χ0) is 28.5. The smallest absolute Gasteiger partial charge is 0.224 e. The number of amides is 1. The number of carbonyl (C=O) groups excluding carboxylic acids is 1. The molecule has 40 heavy (non-hydrogen) atoms. The van der Waals surface area contributed by atoms with Crippen LogP contribution in [0.15, 0.2) is 30.3 Å². The van der Waals surface area contributed by atoms with Gasteiger partial charge in [0, 0.05) is 42.0 Å². The van der Waals surface area contributed by atoms with Gasteiger partial charge >= 0.3 is 0 Å². The van der Waals surface area contributed by atoms with Crippen molar-refractivity contribution in [3.8, 4) is 17.6 Å². The van der Waals surface area contributed by atoms with Gasteiger partial charge in [-0.2, -0.15) is 5.26 Å². The fourth-order valence-electron chi connectivity index (χ4n) is 5.34. The Hall–Kier alpha value is -3.48. The minimum absolute atomic E-state index is 0.0532. The van der Waals surface area contributed by atoms with Crippen molar-refractivity contribution in [2.75, 3.05) is 62.9 Å². The summed E-state index contributed by atoms with van der Waals surface area (Å²) in [5.74, 6) is 1.14. The lowest BCUT2D eigenvalue weighted by Gasteiger charge is -2.33. The second-order valence-corrected chi connectivity index (χ2v) is 11.0. The maximum absolute atomic E-state index is 12.8. The van der Waals surface area contributed by atoms with Crippen LogP contribution in [0.3, 0.4) is 0 Å². The van der Waals surface area contributed by atoms with Crippen LogP contribution in [0.2, 0.25) is 0 Å². The van der Waals surface area contributed by atoms with Crippen molar-refractivity contribution in [2.24, 2.45) is 5.92 Å². The van der Waals surface area contributed by atoms with Gasteiger partial charge in [-0.25, -0.2) is 0 Å². The molecule has 0 aromatic heterocycles. The standard InChI is InChI=1S/C31H44N6O3/c1-5-39-29-17-26-25(16-27(29)36-30(38)10-8-14-37(3)4)31(22(18-32)19-34-26)35-23-11-12-28(21(2)15-23)40-20-24-9-6-7-13-33-24/h11-12,15-17,22,24,31,33-35H,5-10,13-14,19-20H2,1-4H3,(H,36,38). The lowest BCUT2D eigenvalue weighted by molar-refractivity contribution is -0.116. The van der Waals surface area contributed by atoms with Crippen molar-refractivity contribution in [1.82, 2.24) is 10.2 Å². The number of anilines is 3. The predicted molar refractivity (Wildman–Crippen MR) is 160 cm³/mol. The molecule has 1 fully saturated rings. The van der Waals surface area contributed by atoms with Gasteiger partial charge in [0.1, 0.15) is 18.1 Å². The summed E-state index contributed by atoms with van der Waals surface area (Å²) in [5.41, 5.74) is 4.41. The average Bonchev–Trinajstić information content (AvgIpc) is 2.94. The number of benzene rings is 2.